The van der Waals surface area contributed by atoms with Gasteiger partial charge in [0.25, 0.3) is 0 Å². The minimum Gasteiger partial charge on any atom is -0.323 e. The lowest BCUT2D eigenvalue weighted by Gasteiger charge is -2.25. The van der Waals surface area contributed by atoms with E-state index in [1.165, 1.54) is 28.8 Å². The Hall–Kier alpha value is -1.50. The zero-order valence-electron chi connectivity index (χ0n) is 14.9. The van der Waals surface area contributed by atoms with Crippen molar-refractivity contribution in [3.05, 3.63) is 39.3 Å². The summed E-state index contributed by atoms with van der Waals surface area (Å²) in [6.07, 6.45) is 1.44. The number of hydrogen-bond donors (Lipinski definition) is 1. The highest BCUT2D eigenvalue weighted by atomic mass is 35.5. The molecule has 0 aromatic heterocycles. The highest BCUT2D eigenvalue weighted by Crippen LogP contribution is 2.33. The van der Waals surface area contributed by atoms with Crippen molar-refractivity contribution in [2.45, 2.75) is 33.7 Å². The Balaban J connectivity index is 2.22. The quantitative estimate of drug-likeness (QED) is 0.743. The van der Waals surface area contributed by atoms with E-state index < -0.39 is 17.4 Å². The van der Waals surface area contributed by atoms with Crippen molar-refractivity contribution in [2.24, 2.45) is 5.41 Å². The van der Waals surface area contributed by atoms with Gasteiger partial charge in [0.1, 0.15) is 6.04 Å². The number of anilines is 1. The highest BCUT2D eigenvalue weighted by molar-refractivity contribution is 8.04. The molecule has 1 aliphatic rings. The molecule has 1 heterocycles. The van der Waals surface area contributed by atoms with Gasteiger partial charge in [-0.3, -0.25) is 19.3 Å². The number of nitrogens with one attached hydrogen (secondary N) is 1. The second kappa shape index (κ2) is 8.03. The molecule has 0 radical (unpaired) electrons. The second-order valence-corrected chi connectivity index (χ2v) is 8.78. The maximum atomic E-state index is 12.6. The first-order chi connectivity index (χ1) is 12.0. The number of ketones is 1. The monoisotopic (exact) mass is 414 g/mol. The van der Waals surface area contributed by atoms with Gasteiger partial charge in [0.15, 0.2) is 5.78 Å². The second-order valence-electron chi connectivity index (χ2n) is 6.94. The number of nitrogens with zero attached hydrogens (tertiary/aromatic N) is 1. The molecule has 0 saturated carbocycles. The average Bonchev–Trinajstić information content (AvgIpc) is 2.89. The van der Waals surface area contributed by atoms with E-state index >= 15 is 0 Å². The van der Waals surface area contributed by atoms with E-state index in [4.69, 9.17) is 23.2 Å². The molecule has 0 spiro atoms. The standard InChI is InChI=1S/C18H20Cl2N2O3S/c1-10(17(25)21-13-7-11(19)5-6-12(13)20)22-15(24)9-26-16(22)8-14(23)18(2,3)4/h5-8,10H,9H2,1-4H3,(H,21,25)/b16-8-/t10-/m1/s1. The van der Waals surface area contributed by atoms with Crippen molar-refractivity contribution < 1.29 is 14.4 Å². The summed E-state index contributed by atoms with van der Waals surface area (Å²) < 4.78 is 0. The topological polar surface area (TPSA) is 66.5 Å². The van der Waals surface area contributed by atoms with Crippen LogP contribution in [-0.4, -0.2) is 34.3 Å². The van der Waals surface area contributed by atoms with Crippen LogP contribution in [-0.2, 0) is 14.4 Å². The van der Waals surface area contributed by atoms with E-state index in [-0.39, 0.29) is 17.4 Å². The fourth-order valence-corrected chi connectivity index (χ4v) is 3.53. The molecular weight excluding hydrogens is 395 g/mol. The van der Waals surface area contributed by atoms with Gasteiger partial charge in [-0.25, -0.2) is 0 Å². The Morgan fingerprint density at radius 2 is 1.96 bits per heavy atom. The Morgan fingerprint density at radius 3 is 2.58 bits per heavy atom. The van der Waals surface area contributed by atoms with Gasteiger partial charge in [-0.05, 0) is 25.1 Å². The number of thioether (sulfide) groups is 1. The first-order valence-electron chi connectivity index (χ1n) is 7.97. The van der Waals surface area contributed by atoms with E-state index in [9.17, 15) is 14.4 Å². The molecule has 2 amide bonds. The van der Waals surface area contributed by atoms with E-state index in [2.05, 4.69) is 5.32 Å². The summed E-state index contributed by atoms with van der Waals surface area (Å²) in [5, 5.41) is 3.94. The number of amides is 2. The SMILES string of the molecule is C[C@H](C(=O)Nc1cc(Cl)ccc1Cl)N1C(=O)CS/C1=C\C(=O)C(C)(C)C. The summed E-state index contributed by atoms with van der Waals surface area (Å²) >= 11 is 13.2. The zero-order valence-corrected chi connectivity index (χ0v) is 17.3. The Bertz CT molecular complexity index is 787. The van der Waals surface area contributed by atoms with Gasteiger partial charge < -0.3 is 5.32 Å². The smallest absolute Gasteiger partial charge is 0.247 e. The van der Waals surface area contributed by atoms with Gasteiger partial charge >= 0.3 is 0 Å². The molecule has 1 N–H and O–H groups in total. The summed E-state index contributed by atoms with van der Waals surface area (Å²) in [5.41, 5.74) is -0.198. The fraction of sp³-hybridized carbons (Fsp3) is 0.389. The zero-order chi connectivity index (χ0) is 19.6. The van der Waals surface area contributed by atoms with Crippen molar-refractivity contribution in [2.75, 3.05) is 11.1 Å². The van der Waals surface area contributed by atoms with E-state index in [1.807, 2.05) is 0 Å². The fourth-order valence-electron chi connectivity index (χ4n) is 2.19. The third kappa shape index (κ3) is 4.81. The lowest BCUT2D eigenvalue weighted by molar-refractivity contribution is -0.132. The molecule has 1 fully saturated rings. The Morgan fingerprint density at radius 1 is 1.31 bits per heavy atom. The Kier molecular flexibility index (Phi) is 6.42. The summed E-state index contributed by atoms with van der Waals surface area (Å²) in [4.78, 5) is 38.5. The van der Waals surface area contributed by atoms with Crippen LogP contribution in [0.4, 0.5) is 5.69 Å². The highest BCUT2D eigenvalue weighted by Gasteiger charge is 2.35. The number of carbonyl (C=O) groups excluding carboxylic acids is 3. The minimum absolute atomic E-state index is 0.106. The van der Waals surface area contributed by atoms with Gasteiger partial charge in [-0.15, -0.1) is 0 Å². The predicted octanol–water partition coefficient (Wildman–Crippen LogP) is 4.35. The summed E-state index contributed by atoms with van der Waals surface area (Å²) in [5.74, 6) is -0.550. The molecule has 0 bridgehead atoms. The van der Waals surface area contributed by atoms with Crippen LogP contribution in [0.3, 0.4) is 0 Å². The molecule has 0 unspecified atom stereocenters. The molecule has 2 rings (SSSR count). The molecular formula is C18H20Cl2N2O3S. The molecule has 1 atom stereocenters. The van der Waals surface area contributed by atoms with Crippen LogP contribution in [0.5, 0.6) is 0 Å². The predicted molar refractivity (Wildman–Crippen MR) is 106 cm³/mol. The van der Waals surface area contributed by atoms with Crippen molar-refractivity contribution in [3.8, 4) is 0 Å². The minimum atomic E-state index is -0.799. The molecule has 0 aliphatic carbocycles. The molecule has 5 nitrogen and oxygen atoms in total. The first kappa shape index (κ1) is 20.8. The van der Waals surface area contributed by atoms with Gasteiger partial charge in [0.05, 0.1) is 21.5 Å². The van der Waals surface area contributed by atoms with Gasteiger partial charge in [0, 0.05) is 16.5 Å². The molecule has 1 aromatic carbocycles. The van der Waals surface area contributed by atoms with Gasteiger partial charge in [0.2, 0.25) is 11.8 Å². The van der Waals surface area contributed by atoms with Crippen LogP contribution in [0.25, 0.3) is 0 Å². The largest absolute Gasteiger partial charge is 0.323 e. The van der Waals surface area contributed by atoms with Crippen molar-refractivity contribution in [3.63, 3.8) is 0 Å². The van der Waals surface area contributed by atoms with Crippen LogP contribution >= 0.6 is 35.0 Å². The normalized spacial score (nSPS) is 17.5. The number of allylic oxidation sites excluding steroid dienone is 1. The average molecular weight is 415 g/mol. The number of hydrogen-bond acceptors (Lipinski definition) is 4. The molecule has 26 heavy (non-hydrogen) atoms. The molecule has 1 aromatic rings. The number of rotatable bonds is 4. The lowest BCUT2D eigenvalue weighted by atomic mass is 9.91. The van der Waals surface area contributed by atoms with E-state index in [1.54, 1.807) is 39.8 Å². The van der Waals surface area contributed by atoms with E-state index in [0.717, 1.165) is 0 Å². The molecule has 1 aliphatic heterocycles. The van der Waals surface area contributed by atoms with Crippen LogP contribution in [0, 0.1) is 5.41 Å². The van der Waals surface area contributed by atoms with Crippen LogP contribution in [0.2, 0.25) is 10.0 Å². The van der Waals surface area contributed by atoms with Gasteiger partial charge in [-0.2, -0.15) is 0 Å². The van der Waals surface area contributed by atoms with E-state index in [0.29, 0.717) is 20.8 Å². The van der Waals surface area contributed by atoms with Crippen molar-refractivity contribution >= 4 is 58.2 Å². The van der Waals surface area contributed by atoms with Crippen LogP contribution in [0.15, 0.2) is 29.3 Å². The maximum absolute atomic E-state index is 12.6. The number of carbonyl (C=O) groups is 3. The number of benzene rings is 1. The third-order valence-electron chi connectivity index (χ3n) is 3.80. The molecule has 140 valence electrons. The van der Waals surface area contributed by atoms with Crippen LogP contribution in [0.1, 0.15) is 27.7 Å². The summed E-state index contributed by atoms with van der Waals surface area (Å²) in [6.45, 7) is 7.01. The first-order valence-corrected chi connectivity index (χ1v) is 9.72. The van der Waals surface area contributed by atoms with Crippen LogP contribution < -0.4 is 5.32 Å². The van der Waals surface area contributed by atoms with Gasteiger partial charge in [-0.1, -0.05) is 55.7 Å². The maximum Gasteiger partial charge on any atom is 0.247 e. The summed E-state index contributed by atoms with van der Waals surface area (Å²) in [6, 6.07) is 3.93. The number of halogens is 2. The summed E-state index contributed by atoms with van der Waals surface area (Å²) in [7, 11) is 0. The Labute approximate surface area is 167 Å². The van der Waals surface area contributed by atoms with Crippen molar-refractivity contribution in [1.82, 2.24) is 4.90 Å². The third-order valence-corrected chi connectivity index (χ3v) is 5.36. The molecule has 8 heteroatoms. The lowest BCUT2D eigenvalue weighted by Crippen LogP contribution is -2.42. The molecule has 1 saturated heterocycles. The van der Waals surface area contributed by atoms with Crippen molar-refractivity contribution in [1.29, 1.82) is 0 Å².